The monoisotopic (exact) mass is 1010 g/mol. The highest BCUT2D eigenvalue weighted by atomic mass is 16.7. The maximum atomic E-state index is 10.4. The van der Waals surface area contributed by atoms with E-state index in [1.165, 1.54) is 50.1 Å². The maximum absolute atomic E-state index is 10.4. The van der Waals surface area contributed by atoms with Crippen LogP contribution in [0.25, 0.3) is 11.1 Å². The molecule has 0 radical (unpaired) electrons. The Bertz CT molecular complexity index is 2620. The molecule has 1 aliphatic rings. The Kier molecular flexibility index (Phi) is 21.0. The van der Waals surface area contributed by atoms with E-state index in [4.69, 9.17) is 28.4 Å². The fourth-order valence-corrected chi connectivity index (χ4v) is 9.93. The van der Waals surface area contributed by atoms with Crippen LogP contribution in [0.1, 0.15) is 180 Å². The third kappa shape index (κ3) is 14.1. The molecule has 2 unspecified atom stereocenters. The lowest BCUT2D eigenvalue weighted by molar-refractivity contribution is -0.191. The van der Waals surface area contributed by atoms with Gasteiger partial charge in [-0.2, -0.15) is 9.59 Å². The number of hydrogen-bond donors (Lipinski definition) is 2. The molecule has 0 saturated carbocycles. The Morgan fingerprint density at radius 3 is 1.20 bits per heavy atom. The Labute approximate surface area is 447 Å². The molecule has 2 atom stereocenters. The molecule has 6 rings (SSSR count). The van der Waals surface area contributed by atoms with Crippen molar-refractivity contribution in [3.8, 4) is 22.6 Å². The Morgan fingerprint density at radius 1 is 0.527 bits per heavy atom. The quantitative estimate of drug-likeness (QED) is 0.0886. The first-order valence-corrected chi connectivity index (χ1v) is 27.0. The van der Waals surface area contributed by atoms with Crippen LogP contribution in [0.4, 0.5) is 0 Å². The topological polar surface area (TPSA) is 112 Å². The third-order valence-electron chi connectivity index (χ3n) is 16.4. The lowest BCUT2D eigenvalue weighted by atomic mass is 9.68. The van der Waals surface area contributed by atoms with Crippen molar-refractivity contribution in [1.29, 1.82) is 0 Å². The molecule has 0 aromatic heterocycles. The summed E-state index contributed by atoms with van der Waals surface area (Å²) in [5.74, 6) is 1.68. The number of aliphatic hydroxyl groups is 2. The van der Waals surface area contributed by atoms with E-state index in [1.807, 2.05) is 41.5 Å². The molecule has 1 fully saturated rings. The summed E-state index contributed by atoms with van der Waals surface area (Å²) in [6, 6.07) is 35.8. The SMILES string of the molecule is CCC(CC)(c1ccc(OCC(O)C(C)(C)C)c(C)c1)c1ccc(B2OC(C)(C)C(C)(C)O2)c(C)c1.CCc1ccc(-c2ccc(C(CC)(CC)c3ccc(OCC(O)C(C)(C)C)c(C)c3)cc2C)cc1.O=C=O. The molecule has 1 saturated heterocycles. The summed E-state index contributed by atoms with van der Waals surface area (Å²) in [5.41, 5.74) is 13.7. The summed E-state index contributed by atoms with van der Waals surface area (Å²) < 4.78 is 24.7. The molecule has 0 spiro atoms. The van der Waals surface area contributed by atoms with Gasteiger partial charge in [0.25, 0.3) is 0 Å². The average Bonchev–Trinajstić information content (AvgIpc) is 3.56. The van der Waals surface area contributed by atoms with Crippen LogP contribution in [0, 0.1) is 38.5 Å². The molecule has 1 aliphatic heterocycles. The van der Waals surface area contributed by atoms with Crippen LogP contribution in [0.15, 0.2) is 97.1 Å². The van der Waals surface area contributed by atoms with Gasteiger partial charge in [-0.25, -0.2) is 0 Å². The van der Waals surface area contributed by atoms with E-state index < -0.39 is 12.2 Å². The van der Waals surface area contributed by atoms with Crippen LogP contribution in [0.2, 0.25) is 0 Å². The number of aliphatic hydroxyl groups excluding tert-OH is 2. The predicted molar refractivity (Wildman–Crippen MR) is 305 cm³/mol. The standard InChI is InChI=1S/C33H44O2.C31H47BO4.CO2/c1-9-25-12-14-26(15-13-25)29-18-16-27(20-23(29)4)33(10-2,11-3)28-17-19-30(24(5)21-28)35-22-31(34)32(6,7)8;1-12-31(13-2,24-15-17-26(22(4)19-24)34-20-27(33)28(5,6)7)23-14-16-25(21(3)18-23)32-35-29(8,9)30(10,11)36-32;2-1-3/h12-21,31,34H,9-11,22H2,1-8H3;14-19,27,33H,12-13,20H2,1-11H3;. The van der Waals surface area contributed by atoms with Gasteiger partial charge in [0.2, 0.25) is 0 Å². The minimum absolute atomic E-state index is 0.0520. The van der Waals surface area contributed by atoms with Crippen LogP contribution in [0.3, 0.4) is 0 Å². The van der Waals surface area contributed by atoms with Gasteiger partial charge < -0.3 is 29.0 Å². The van der Waals surface area contributed by atoms with Crippen molar-refractivity contribution in [2.45, 2.75) is 198 Å². The highest BCUT2D eigenvalue weighted by Gasteiger charge is 2.52. The number of hydrogen-bond acceptors (Lipinski definition) is 8. The first-order valence-electron chi connectivity index (χ1n) is 27.0. The van der Waals surface area contributed by atoms with E-state index in [1.54, 1.807) is 0 Å². The van der Waals surface area contributed by atoms with Crippen molar-refractivity contribution >= 4 is 18.7 Å². The van der Waals surface area contributed by atoms with Gasteiger partial charge in [0.05, 0.1) is 23.4 Å². The van der Waals surface area contributed by atoms with Crippen molar-refractivity contribution < 1.29 is 38.6 Å². The van der Waals surface area contributed by atoms with Gasteiger partial charge in [0, 0.05) is 10.8 Å². The molecule has 8 nitrogen and oxygen atoms in total. The lowest BCUT2D eigenvalue weighted by Crippen LogP contribution is -2.41. The van der Waals surface area contributed by atoms with Crippen molar-refractivity contribution in [2.75, 3.05) is 13.2 Å². The molecule has 74 heavy (non-hydrogen) atoms. The second-order valence-corrected chi connectivity index (χ2v) is 23.7. The number of ether oxygens (including phenoxy) is 2. The molecular weight excluding hydrogens is 920 g/mol. The Hall–Kier alpha value is -5.02. The van der Waals surface area contributed by atoms with Crippen molar-refractivity contribution in [3.63, 3.8) is 0 Å². The van der Waals surface area contributed by atoms with E-state index >= 15 is 0 Å². The van der Waals surface area contributed by atoms with Gasteiger partial charge in [0.1, 0.15) is 24.7 Å². The zero-order valence-electron chi connectivity index (χ0n) is 48.8. The second kappa shape index (κ2) is 25.2. The molecule has 2 N–H and O–H groups in total. The highest BCUT2D eigenvalue weighted by molar-refractivity contribution is 6.62. The molecular formula is C65H91BO8. The number of aryl methyl sites for hydroxylation is 5. The van der Waals surface area contributed by atoms with Gasteiger partial charge in [-0.3, -0.25) is 0 Å². The summed E-state index contributed by atoms with van der Waals surface area (Å²) in [7, 11) is -0.358. The van der Waals surface area contributed by atoms with Crippen molar-refractivity contribution in [2.24, 2.45) is 10.8 Å². The van der Waals surface area contributed by atoms with Gasteiger partial charge in [-0.05, 0) is 172 Å². The normalized spacial score (nSPS) is 15.2. The van der Waals surface area contributed by atoms with Gasteiger partial charge >= 0.3 is 13.3 Å². The van der Waals surface area contributed by atoms with Gasteiger partial charge in [-0.15, -0.1) is 0 Å². The zero-order valence-corrected chi connectivity index (χ0v) is 48.8. The zero-order chi connectivity index (χ0) is 55.6. The molecule has 0 amide bonds. The fourth-order valence-electron chi connectivity index (χ4n) is 9.93. The summed E-state index contributed by atoms with van der Waals surface area (Å²) in [6.45, 7) is 41.0. The van der Waals surface area contributed by atoms with E-state index in [-0.39, 0.29) is 52.7 Å². The molecule has 5 aromatic rings. The third-order valence-corrected chi connectivity index (χ3v) is 16.4. The van der Waals surface area contributed by atoms with Crippen LogP contribution in [-0.4, -0.2) is 60.1 Å². The van der Waals surface area contributed by atoms with Crippen LogP contribution >= 0.6 is 0 Å². The number of benzene rings is 5. The Morgan fingerprint density at radius 2 is 0.878 bits per heavy atom. The van der Waals surface area contributed by atoms with E-state index in [0.717, 1.165) is 60.2 Å². The average molecular weight is 1010 g/mol. The summed E-state index contributed by atoms with van der Waals surface area (Å²) in [6.07, 6.45) is 4.31. The van der Waals surface area contributed by atoms with Gasteiger partial charge in [0.15, 0.2) is 0 Å². The minimum Gasteiger partial charge on any atom is -0.491 e. The number of rotatable bonds is 17. The van der Waals surface area contributed by atoms with E-state index in [2.05, 4.69) is 187 Å². The molecule has 1 heterocycles. The first-order chi connectivity index (χ1) is 34.5. The number of carbonyl (C=O) groups excluding carboxylic acids is 2. The molecule has 402 valence electrons. The van der Waals surface area contributed by atoms with Crippen molar-refractivity contribution in [1.82, 2.24) is 0 Å². The van der Waals surface area contributed by atoms with Crippen LogP contribution < -0.4 is 14.9 Å². The summed E-state index contributed by atoms with van der Waals surface area (Å²) in [4.78, 5) is 16.2. The summed E-state index contributed by atoms with van der Waals surface area (Å²) in [5, 5.41) is 20.8. The van der Waals surface area contributed by atoms with Gasteiger partial charge in [-0.1, -0.05) is 167 Å². The maximum Gasteiger partial charge on any atom is 0.495 e. The smallest absolute Gasteiger partial charge is 0.491 e. The van der Waals surface area contributed by atoms with E-state index in [0.29, 0.717) is 6.61 Å². The molecule has 5 aromatic carbocycles. The van der Waals surface area contributed by atoms with E-state index in [9.17, 15) is 10.2 Å². The lowest BCUT2D eigenvalue weighted by Gasteiger charge is -2.34. The second-order valence-electron chi connectivity index (χ2n) is 23.7. The molecule has 9 heteroatoms. The molecule has 0 aliphatic carbocycles. The summed E-state index contributed by atoms with van der Waals surface area (Å²) >= 11 is 0. The van der Waals surface area contributed by atoms with Crippen LogP contribution in [0.5, 0.6) is 11.5 Å². The van der Waals surface area contributed by atoms with Crippen molar-refractivity contribution in [3.05, 3.63) is 147 Å². The minimum atomic E-state index is -0.521. The largest absolute Gasteiger partial charge is 0.495 e. The highest BCUT2D eigenvalue weighted by Crippen LogP contribution is 2.44. The van der Waals surface area contributed by atoms with Crippen LogP contribution in [-0.2, 0) is 36.1 Å². The fraction of sp³-hybridized carbons (Fsp3) is 0.523. The Balaban J connectivity index is 0.000000304. The molecule has 0 bridgehead atoms. The predicted octanol–water partition coefficient (Wildman–Crippen LogP) is 14.3. The first kappa shape index (κ1) is 61.5.